The number of benzene rings is 2. The number of hydrogen-bond donors (Lipinski definition) is 1. The van der Waals surface area contributed by atoms with Crippen LogP contribution in [-0.2, 0) is 14.8 Å². The molecule has 1 N–H and O–H groups in total. The predicted octanol–water partition coefficient (Wildman–Crippen LogP) is 3.34. The van der Waals surface area contributed by atoms with E-state index in [1.807, 2.05) is 19.2 Å². The highest BCUT2D eigenvalue weighted by molar-refractivity contribution is 7.98. The molecule has 8 heteroatoms. The fourth-order valence-corrected chi connectivity index (χ4v) is 4.31. The van der Waals surface area contributed by atoms with Crippen LogP contribution < -0.4 is 14.4 Å². The molecule has 0 bridgehead atoms. The highest BCUT2D eigenvalue weighted by Gasteiger charge is 2.27. The van der Waals surface area contributed by atoms with Crippen molar-refractivity contribution in [3.8, 4) is 5.75 Å². The fraction of sp³-hybridized carbons (Fsp3) is 0.278. The smallest absolute Gasteiger partial charge is 0.261 e. The van der Waals surface area contributed by atoms with E-state index in [1.165, 1.54) is 35.7 Å². The molecule has 0 spiro atoms. The van der Waals surface area contributed by atoms with Gasteiger partial charge in [0.05, 0.1) is 17.1 Å². The first-order chi connectivity index (χ1) is 12.3. The lowest BCUT2D eigenvalue weighted by atomic mass is 10.2. The van der Waals surface area contributed by atoms with Crippen LogP contribution in [0, 0.1) is 0 Å². The van der Waals surface area contributed by atoms with Gasteiger partial charge in [-0.25, -0.2) is 8.42 Å². The van der Waals surface area contributed by atoms with E-state index in [-0.39, 0.29) is 16.9 Å². The third-order valence-electron chi connectivity index (χ3n) is 4.00. The third kappa shape index (κ3) is 3.81. The molecule has 0 aromatic heterocycles. The summed E-state index contributed by atoms with van der Waals surface area (Å²) in [6, 6.07) is 11.7. The highest BCUT2D eigenvalue weighted by Crippen LogP contribution is 2.36. The Balaban J connectivity index is 1.96. The average molecular weight is 393 g/mol. The van der Waals surface area contributed by atoms with Crippen molar-refractivity contribution in [1.82, 2.24) is 0 Å². The lowest BCUT2D eigenvalue weighted by Crippen LogP contribution is -2.41. The van der Waals surface area contributed by atoms with Crippen molar-refractivity contribution in [1.29, 1.82) is 0 Å². The van der Waals surface area contributed by atoms with Crippen LogP contribution in [0.25, 0.3) is 0 Å². The molecule has 3 rings (SSSR count). The second kappa shape index (κ2) is 7.20. The molecule has 0 unspecified atom stereocenters. The predicted molar refractivity (Wildman–Crippen MR) is 104 cm³/mol. The summed E-state index contributed by atoms with van der Waals surface area (Å²) >= 11 is 1.53. The number of carbonyl (C=O) groups is 1. The van der Waals surface area contributed by atoms with Gasteiger partial charge in [0.1, 0.15) is 11.9 Å². The zero-order valence-corrected chi connectivity index (χ0v) is 16.4. The lowest BCUT2D eigenvalue weighted by Gasteiger charge is -2.33. The summed E-state index contributed by atoms with van der Waals surface area (Å²) < 4.78 is 33.8. The summed E-state index contributed by atoms with van der Waals surface area (Å²) in [5, 5.41) is 0. The third-order valence-corrected chi connectivity index (χ3v) is 6.11. The maximum Gasteiger partial charge on any atom is 0.261 e. The number of ether oxygens (including phenoxy) is 1. The van der Waals surface area contributed by atoms with Crippen molar-refractivity contribution in [2.24, 2.45) is 0 Å². The van der Waals surface area contributed by atoms with E-state index >= 15 is 0 Å². The fourth-order valence-electron chi connectivity index (χ4n) is 2.78. The van der Waals surface area contributed by atoms with Crippen LogP contribution in [0.5, 0.6) is 5.75 Å². The van der Waals surface area contributed by atoms with E-state index in [9.17, 15) is 13.2 Å². The van der Waals surface area contributed by atoms with Crippen LogP contribution in [0.2, 0.25) is 0 Å². The molecule has 0 radical (unpaired) electrons. The summed E-state index contributed by atoms with van der Waals surface area (Å²) in [5.41, 5.74) is 0.958. The number of amides is 1. The Morgan fingerprint density at radius 3 is 2.73 bits per heavy atom. The van der Waals surface area contributed by atoms with E-state index in [1.54, 1.807) is 24.3 Å². The quantitative estimate of drug-likeness (QED) is 0.808. The van der Waals surface area contributed by atoms with Gasteiger partial charge < -0.3 is 9.64 Å². The number of carbonyl (C=O) groups excluding carboxylic acids is 1. The number of fused-ring (bicyclic) bond motifs is 1. The first-order valence-corrected chi connectivity index (χ1v) is 10.8. The van der Waals surface area contributed by atoms with Crippen molar-refractivity contribution in [3.05, 3.63) is 42.5 Å². The van der Waals surface area contributed by atoms with Gasteiger partial charge in [-0.15, -0.1) is 11.8 Å². The van der Waals surface area contributed by atoms with Crippen molar-refractivity contribution >= 4 is 39.1 Å². The molecule has 1 heterocycles. The minimum absolute atomic E-state index is 0.0789. The number of nitrogens with zero attached hydrogens (tertiary/aromatic N) is 1. The van der Waals surface area contributed by atoms with E-state index in [4.69, 9.17) is 4.74 Å². The Labute approximate surface area is 157 Å². The normalized spacial score (nSPS) is 16.6. The van der Waals surface area contributed by atoms with E-state index in [0.717, 1.165) is 4.90 Å². The number of thioether (sulfide) groups is 1. The van der Waals surface area contributed by atoms with Gasteiger partial charge in [0.25, 0.3) is 10.0 Å². The van der Waals surface area contributed by atoms with Gasteiger partial charge in [0, 0.05) is 17.5 Å². The number of anilines is 2. The molecule has 6 nitrogen and oxygen atoms in total. The van der Waals surface area contributed by atoms with E-state index in [0.29, 0.717) is 23.7 Å². The molecule has 0 saturated carbocycles. The molecule has 1 atom stereocenters. The van der Waals surface area contributed by atoms with Crippen molar-refractivity contribution in [3.63, 3.8) is 0 Å². The lowest BCUT2D eigenvalue weighted by molar-refractivity contribution is -0.117. The molecule has 0 aliphatic carbocycles. The summed E-state index contributed by atoms with van der Waals surface area (Å²) in [6.45, 7) is 3.70. The molecule has 1 aliphatic heterocycles. The average Bonchev–Trinajstić information content (AvgIpc) is 2.60. The maximum absolute atomic E-state index is 12.8. The van der Waals surface area contributed by atoms with Crippen LogP contribution in [0.15, 0.2) is 52.3 Å². The molecule has 2 aromatic rings. The first-order valence-electron chi connectivity index (χ1n) is 8.06. The first kappa shape index (κ1) is 18.6. The van der Waals surface area contributed by atoms with Crippen LogP contribution >= 0.6 is 11.8 Å². The molecule has 0 fully saturated rings. The highest BCUT2D eigenvalue weighted by atomic mass is 32.2. The van der Waals surface area contributed by atoms with Crippen molar-refractivity contribution < 1.29 is 17.9 Å². The Morgan fingerprint density at radius 1 is 1.27 bits per heavy atom. The SMILES string of the molecule is CSc1cccc(NS(=O)(=O)c2ccc3c(c2)N(C(C)=O)C[C@H](C)O3)c1. The molecule has 1 amide bonds. The largest absolute Gasteiger partial charge is 0.487 e. The van der Waals surface area contributed by atoms with Gasteiger partial charge in [-0.2, -0.15) is 0 Å². The molecule has 1 aliphatic rings. The molecular weight excluding hydrogens is 372 g/mol. The Hall–Kier alpha value is -2.19. The van der Waals surface area contributed by atoms with Gasteiger partial charge in [-0.3, -0.25) is 9.52 Å². The van der Waals surface area contributed by atoms with Gasteiger partial charge in [0.2, 0.25) is 5.91 Å². The van der Waals surface area contributed by atoms with Gasteiger partial charge in [-0.05, 0) is 49.6 Å². The van der Waals surface area contributed by atoms with Gasteiger partial charge in [0.15, 0.2) is 0 Å². The summed E-state index contributed by atoms with van der Waals surface area (Å²) in [6.07, 6.45) is 1.77. The monoisotopic (exact) mass is 392 g/mol. The van der Waals surface area contributed by atoms with Crippen molar-refractivity contribution in [2.75, 3.05) is 22.4 Å². The van der Waals surface area contributed by atoms with Crippen LogP contribution in [0.1, 0.15) is 13.8 Å². The van der Waals surface area contributed by atoms with Gasteiger partial charge in [-0.1, -0.05) is 6.07 Å². The molecule has 138 valence electrons. The second-order valence-electron chi connectivity index (χ2n) is 6.03. The second-order valence-corrected chi connectivity index (χ2v) is 8.59. The number of sulfonamides is 1. The molecule has 2 aromatic carbocycles. The standard InChI is InChI=1S/C18H20N2O4S2/c1-12-11-20(13(2)21)17-10-16(7-8-18(17)24-12)26(22,23)19-14-5-4-6-15(9-14)25-3/h4-10,12,19H,11H2,1-3H3/t12-/m0/s1. The molecular formula is C18H20N2O4S2. The van der Waals surface area contributed by atoms with Gasteiger partial charge >= 0.3 is 0 Å². The summed E-state index contributed by atoms with van der Waals surface area (Å²) in [7, 11) is -3.79. The summed E-state index contributed by atoms with van der Waals surface area (Å²) in [4.78, 5) is 14.5. The molecule has 26 heavy (non-hydrogen) atoms. The Bertz CT molecular complexity index is 944. The number of rotatable bonds is 4. The van der Waals surface area contributed by atoms with Crippen LogP contribution in [-0.4, -0.2) is 33.2 Å². The Morgan fingerprint density at radius 2 is 2.04 bits per heavy atom. The summed E-state index contributed by atoms with van der Waals surface area (Å²) in [5.74, 6) is 0.346. The minimum Gasteiger partial charge on any atom is -0.487 e. The topological polar surface area (TPSA) is 75.7 Å². The zero-order chi connectivity index (χ0) is 18.9. The number of hydrogen-bond acceptors (Lipinski definition) is 5. The van der Waals surface area contributed by atoms with Crippen molar-refractivity contribution in [2.45, 2.75) is 29.7 Å². The minimum atomic E-state index is -3.79. The Kier molecular flexibility index (Phi) is 5.15. The maximum atomic E-state index is 12.8. The van der Waals surface area contributed by atoms with E-state index in [2.05, 4.69) is 4.72 Å². The van der Waals surface area contributed by atoms with Crippen LogP contribution in [0.4, 0.5) is 11.4 Å². The molecule has 0 saturated heterocycles. The number of nitrogens with one attached hydrogen (secondary N) is 1. The zero-order valence-electron chi connectivity index (χ0n) is 14.7. The van der Waals surface area contributed by atoms with E-state index < -0.39 is 10.0 Å². The van der Waals surface area contributed by atoms with Crippen LogP contribution in [0.3, 0.4) is 0 Å².